The number of sulfonamides is 1. The van der Waals surface area contributed by atoms with Crippen LogP contribution < -0.4 is 14.8 Å². The van der Waals surface area contributed by atoms with Gasteiger partial charge in [-0.2, -0.15) is 4.31 Å². The van der Waals surface area contributed by atoms with Crippen LogP contribution in [0.4, 0.5) is 5.69 Å². The van der Waals surface area contributed by atoms with Crippen molar-refractivity contribution >= 4 is 27.4 Å². The molecule has 0 aliphatic carbocycles. The molecule has 2 aromatic carbocycles. The maximum Gasteiger partial charge on any atom is 0.243 e. The lowest BCUT2D eigenvalue weighted by molar-refractivity contribution is -0.119. The summed E-state index contributed by atoms with van der Waals surface area (Å²) in [4.78, 5) is 24.5. The van der Waals surface area contributed by atoms with Crippen molar-refractivity contribution in [1.82, 2.24) is 4.31 Å². The first-order valence-corrected chi connectivity index (χ1v) is 11.1. The lowest BCUT2D eigenvalue weighted by atomic mass is 10.1. The van der Waals surface area contributed by atoms with Crippen LogP contribution in [0, 0.1) is 0 Å². The van der Waals surface area contributed by atoms with Gasteiger partial charge in [-0.05, 0) is 44.0 Å². The van der Waals surface area contributed by atoms with Crippen molar-refractivity contribution < 1.29 is 27.5 Å². The predicted molar refractivity (Wildman–Crippen MR) is 109 cm³/mol. The van der Waals surface area contributed by atoms with Crippen molar-refractivity contribution in [3.8, 4) is 11.5 Å². The highest BCUT2D eigenvalue weighted by atomic mass is 32.2. The number of carbonyl (C=O) groups is 2. The molecule has 0 bridgehead atoms. The molecule has 0 radical (unpaired) electrons. The number of Topliss-reactive ketones (excluding diaryl/α,β-unsaturated/α-hetero) is 1. The molecule has 2 aromatic rings. The van der Waals surface area contributed by atoms with E-state index in [9.17, 15) is 18.0 Å². The van der Waals surface area contributed by atoms with Crippen molar-refractivity contribution in [2.24, 2.45) is 0 Å². The van der Waals surface area contributed by atoms with Gasteiger partial charge in [0.15, 0.2) is 17.3 Å². The van der Waals surface area contributed by atoms with Gasteiger partial charge >= 0.3 is 0 Å². The average molecular weight is 430 g/mol. The Kier molecular flexibility index (Phi) is 5.48. The van der Waals surface area contributed by atoms with Crippen LogP contribution in [-0.2, 0) is 14.8 Å². The maximum absolute atomic E-state index is 13.2. The van der Waals surface area contributed by atoms with E-state index in [1.165, 1.54) is 23.4 Å². The zero-order valence-corrected chi connectivity index (χ0v) is 17.3. The SMILES string of the molecule is CC(=O)c1cccc(NC(=O)[C@@H]2CCCN2S(=O)(=O)c2ccc3c(c2)OCCO3)c1. The van der Waals surface area contributed by atoms with Crippen LogP contribution in [0.3, 0.4) is 0 Å². The maximum atomic E-state index is 13.2. The van der Waals surface area contributed by atoms with E-state index >= 15 is 0 Å². The summed E-state index contributed by atoms with van der Waals surface area (Å²) in [6, 6.07) is 10.2. The van der Waals surface area contributed by atoms with Gasteiger partial charge in [0, 0.05) is 23.9 Å². The Bertz CT molecular complexity index is 1100. The zero-order valence-electron chi connectivity index (χ0n) is 16.5. The zero-order chi connectivity index (χ0) is 21.3. The number of fused-ring (bicyclic) bond motifs is 1. The molecule has 1 atom stereocenters. The molecular formula is C21H22N2O6S. The van der Waals surface area contributed by atoms with E-state index in [0.717, 1.165) is 0 Å². The highest BCUT2D eigenvalue weighted by Crippen LogP contribution is 2.35. The topological polar surface area (TPSA) is 102 Å². The van der Waals surface area contributed by atoms with Crippen LogP contribution in [0.2, 0.25) is 0 Å². The Balaban J connectivity index is 1.56. The first-order chi connectivity index (χ1) is 14.4. The standard InChI is InChI=1S/C21H22N2O6S/c1-14(24)15-4-2-5-16(12-15)22-21(25)18-6-3-9-23(18)30(26,27)17-7-8-19-20(13-17)29-11-10-28-19/h2,4-5,7-8,12-13,18H,3,6,9-11H2,1H3,(H,22,25)/t18-/m0/s1. The largest absolute Gasteiger partial charge is 0.486 e. The second-order valence-corrected chi connectivity index (χ2v) is 9.10. The summed E-state index contributed by atoms with van der Waals surface area (Å²) < 4.78 is 38.6. The number of nitrogens with zero attached hydrogens (tertiary/aromatic N) is 1. The van der Waals surface area contributed by atoms with E-state index in [2.05, 4.69) is 5.32 Å². The molecule has 0 unspecified atom stereocenters. The van der Waals surface area contributed by atoms with Crippen LogP contribution in [0.1, 0.15) is 30.1 Å². The van der Waals surface area contributed by atoms with Gasteiger partial charge in [0.05, 0.1) is 4.90 Å². The molecule has 2 aliphatic rings. The molecule has 0 spiro atoms. The number of rotatable bonds is 5. The summed E-state index contributed by atoms with van der Waals surface area (Å²) in [6.07, 6.45) is 0.997. The van der Waals surface area contributed by atoms with E-state index < -0.39 is 22.0 Å². The fraction of sp³-hybridized carbons (Fsp3) is 0.333. The molecule has 1 amide bonds. The van der Waals surface area contributed by atoms with E-state index in [4.69, 9.17) is 9.47 Å². The third kappa shape index (κ3) is 3.90. The lowest BCUT2D eigenvalue weighted by Crippen LogP contribution is -2.43. The molecule has 2 heterocycles. The van der Waals surface area contributed by atoms with Gasteiger partial charge in [-0.3, -0.25) is 9.59 Å². The molecule has 158 valence electrons. The average Bonchev–Trinajstić information content (AvgIpc) is 3.24. The molecule has 1 fully saturated rings. The van der Waals surface area contributed by atoms with Crippen LogP contribution in [0.15, 0.2) is 47.4 Å². The summed E-state index contributed by atoms with van der Waals surface area (Å²) in [6.45, 7) is 2.46. The van der Waals surface area contributed by atoms with Crippen molar-refractivity contribution in [3.63, 3.8) is 0 Å². The molecular weight excluding hydrogens is 408 g/mol. The fourth-order valence-corrected chi connectivity index (χ4v) is 5.32. The number of benzene rings is 2. The molecule has 30 heavy (non-hydrogen) atoms. The lowest BCUT2D eigenvalue weighted by Gasteiger charge is -2.24. The molecule has 0 saturated carbocycles. The summed E-state index contributed by atoms with van der Waals surface area (Å²) in [7, 11) is -3.90. The molecule has 0 aromatic heterocycles. The minimum Gasteiger partial charge on any atom is -0.486 e. The summed E-state index contributed by atoms with van der Waals surface area (Å²) in [5, 5.41) is 2.74. The summed E-state index contributed by atoms with van der Waals surface area (Å²) in [5.41, 5.74) is 0.927. The van der Waals surface area contributed by atoms with Gasteiger partial charge in [0.25, 0.3) is 0 Å². The molecule has 2 aliphatic heterocycles. The molecule has 1 N–H and O–H groups in total. The Hall–Kier alpha value is -2.91. The van der Waals surface area contributed by atoms with E-state index in [1.807, 2.05) is 0 Å². The molecule has 1 saturated heterocycles. The van der Waals surface area contributed by atoms with Crippen LogP contribution >= 0.6 is 0 Å². The number of ether oxygens (including phenoxy) is 2. The Morgan fingerprint density at radius 2 is 1.83 bits per heavy atom. The predicted octanol–water partition coefficient (Wildman–Crippen LogP) is 2.45. The van der Waals surface area contributed by atoms with Gasteiger partial charge in [-0.25, -0.2) is 8.42 Å². The van der Waals surface area contributed by atoms with Crippen LogP contribution in [0.25, 0.3) is 0 Å². The number of hydrogen-bond donors (Lipinski definition) is 1. The summed E-state index contributed by atoms with van der Waals surface area (Å²) in [5.74, 6) is 0.342. The number of amides is 1. The van der Waals surface area contributed by atoms with Crippen molar-refractivity contribution in [1.29, 1.82) is 0 Å². The highest BCUT2D eigenvalue weighted by Gasteiger charge is 2.40. The normalized spacial score (nSPS) is 18.8. The van der Waals surface area contributed by atoms with E-state index in [1.54, 1.807) is 30.3 Å². The first kappa shape index (κ1) is 20.4. The molecule has 8 nitrogen and oxygen atoms in total. The molecule has 9 heteroatoms. The third-order valence-electron chi connectivity index (χ3n) is 5.16. The van der Waals surface area contributed by atoms with Gasteiger partial charge in [-0.15, -0.1) is 0 Å². The number of hydrogen-bond acceptors (Lipinski definition) is 6. The van der Waals surface area contributed by atoms with Crippen molar-refractivity contribution in [2.75, 3.05) is 25.1 Å². The highest BCUT2D eigenvalue weighted by molar-refractivity contribution is 7.89. The first-order valence-electron chi connectivity index (χ1n) is 9.69. The second-order valence-electron chi connectivity index (χ2n) is 7.21. The minimum absolute atomic E-state index is 0.0602. The fourth-order valence-electron chi connectivity index (χ4n) is 3.65. The smallest absolute Gasteiger partial charge is 0.243 e. The second kappa shape index (κ2) is 8.08. The van der Waals surface area contributed by atoms with Gasteiger partial charge < -0.3 is 14.8 Å². The Labute approximate surface area is 174 Å². The van der Waals surface area contributed by atoms with Crippen molar-refractivity contribution in [3.05, 3.63) is 48.0 Å². The minimum atomic E-state index is -3.90. The van der Waals surface area contributed by atoms with Gasteiger partial charge in [0.2, 0.25) is 15.9 Å². The molecule has 4 rings (SSSR count). The van der Waals surface area contributed by atoms with Gasteiger partial charge in [0.1, 0.15) is 19.3 Å². The van der Waals surface area contributed by atoms with E-state index in [0.29, 0.717) is 48.8 Å². The number of nitrogens with one attached hydrogen (secondary N) is 1. The van der Waals surface area contributed by atoms with E-state index in [-0.39, 0.29) is 17.2 Å². The Morgan fingerprint density at radius 1 is 1.07 bits per heavy atom. The Morgan fingerprint density at radius 3 is 2.60 bits per heavy atom. The number of carbonyl (C=O) groups excluding carboxylic acids is 2. The monoisotopic (exact) mass is 430 g/mol. The summed E-state index contributed by atoms with van der Waals surface area (Å²) >= 11 is 0. The third-order valence-corrected chi connectivity index (χ3v) is 7.07. The van der Waals surface area contributed by atoms with Crippen LogP contribution in [0.5, 0.6) is 11.5 Å². The van der Waals surface area contributed by atoms with Crippen molar-refractivity contribution in [2.45, 2.75) is 30.7 Å². The van der Waals surface area contributed by atoms with Gasteiger partial charge in [-0.1, -0.05) is 12.1 Å². The number of anilines is 1. The number of ketones is 1. The quantitative estimate of drug-likeness (QED) is 0.731. The van der Waals surface area contributed by atoms with Crippen LogP contribution in [-0.4, -0.2) is 50.2 Å².